The number of allylic oxidation sites excluding steroid dienone is 1. The minimum Gasteiger partial charge on any atom is -0.466 e. The summed E-state index contributed by atoms with van der Waals surface area (Å²) in [6, 6.07) is 11.8. The van der Waals surface area contributed by atoms with E-state index in [-0.39, 0.29) is 11.9 Å². The second kappa shape index (κ2) is 9.07. The van der Waals surface area contributed by atoms with Crippen LogP contribution in [0, 0.1) is 12.3 Å². The number of likely N-dealkylation sites (tertiary alicyclic amines) is 1. The number of nitrogens with zero attached hydrogens (tertiary/aromatic N) is 3. The maximum Gasteiger partial charge on any atom is 0.314 e. The molecule has 2 heterocycles. The van der Waals surface area contributed by atoms with Gasteiger partial charge in [-0.1, -0.05) is 42.5 Å². The average Bonchev–Trinajstić information content (AvgIpc) is 3.07. The largest absolute Gasteiger partial charge is 0.466 e. The van der Waals surface area contributed by atoms with Crippen LogP contribution in [-0.4, -0.2) is 46.3 Å². The third-order valence-corrected chi connectivity index (χ3v) is 5.52. The molecule has 6 nitrogen and oxygen atoms in total. The van der Waals surface area contributed by atoms with E-state index in [4.69, 9.17) is 4.74 Å². The van der Waals surface area contributed by atoms with Crippen LogP contribution in [0.3, 0.4) is 0 Å². The first kappa shape index (κ1) is 20.8. The monoisotopic (exact) mass is 395 g/mol. The predicted molar refractivity (Wildman–Crippen MR) is 112 cm³/mol. The molecule has 1 amide bonds. The highest BCUT2D eigenvalue weighted by molar-refractivity contribution is 5.93. The summed E-state index contributed by atoms with van der Waals surface area (Å²) in [5.41, 5.74) is 1.70. The number of hydrogen-bond acceptors (Lipinski definition) is 4. The molecule has 1 atom stereocenters. The van der Waals surface area contributed by atoms with Crippen molar-refractivity contribution in [3.05, 3.63) is 59.4 Å². The van der Waals surface area contributed by atoms with Gasteiger partial charge in [0.2, 0.25) is 0 Å². The number of carbonyl (C=O) groups is 2. The molecule has 1 aromatic heterocycles. The number of hydrogen-bond donors (Lipinski definition) is 0. The smallest absolute Gasteiger partial charge is 0.314 e. The lowest BCUT2D eigenvalue weighted by atomic mass is 9.76. The van der Waals surface area contributed by atoms with Crippen LogP contribution >= 0.6 is 0 Å². The number of esters is 1. The van der Waals surface area contributed by atoms with Crippen molar-refractivity contribution >= 4 is 18.0 Å². The molecule has 0 saturated carbocycles. The molecule has 0 aliphatic carbocycles. The fourth-order valence-electron chi connectivity index (χ4n) is 3.82. The Kier molecular flexibility index (Phi) is 6.52. The lowest BCUT2D eigenvalue weighted by Crippen LogP contribution is -2.50. The van der Waals surface area contributed by atoms with Gasteiger partial charge in [-0.3, -0.25) is 14.3 Å². The maximum atomic E-state index is 13.0. The average molecular weight is 396 g/mol. The highest BCUT2D eigenvalue weighted by Crippen LogP contribution is 2.36. The fraction of sp³-hybridized carbons (Fsp3) is 0.435. The van der Waals surface area contributed by atoms with Crippen molar-refractivity contribution in [3.8, 4) is 0 Å². The number of piperidine rings is 1. The lowest BCUT2D eigenvalue weighted by Gasteiger charge is -2.40. The van der Waals surface area contributed by atoms with Gasteiger partial charge in [-0.25, -0.2) is 0 Å². The van der Waals surface area contributed by atoms with E-state index < -0.39 is 5.41 Å². The number of rotatable bonds is 6. The summed E-state index contributed by atoms with van der Waals surface area (Å²) < 4.78 is 7.11. The first-order valence-electron chi connectivity index (χ1n) is 10.1. The van der Waals surface area contributed by atoms with Crippen LogP contribution in [0.2, 0.25) is 0 Å². The van der Waals surface area contributed by atoms with Crippen LogP contribution in [0.25, 0.3) is 6.08 Å². The van der Waals surface area contributed by atoms with Crippen molar-refractivity contribution in [2.75, 3.05) is 19.7 Å². The molecule has 1 aliphatic heterocycles. The Morgan fingerprint density at radius 3 is 2.69 bits per heavy atom. The zero-order valence-corrected chi connectivity index (χ0v) is 17.4. The molecule has 1 fully saturated rings. The Morgan fingerprint density at radius 1 is 1.28 bits per heavy atom. The molecule has 154 valence electrons. The molecule has 0 spiro atoms. The Balaban J connectivity index is 1.80. The minimum absolute atomic E-state index is 0.130. The van der Waals surface area contributed by atoms with E-state index in [0.29, 0.717) is 38.2 Å². The highest BCUT2D eigenvalue weighted by atomic mass is 16.5. The number of ether oxygens (including phenoxy) is 1. The molecule has 0 N–H and O–H groups in total. The van der Waals surface area contributed by atoms with Crippen LogP contribution < -0.4 is 0 Å². The SMILES string of the molecule is CCOC(=O)C1(CC=Cc2ccccc2)CCCN(C(=O)c2cc(C)n(C)n2)C1. The topological polar surface area (TPSA) is 64.4 Å². The summed E-state index contributed by atoms with van der Waals surface area (Å²) in [4.78, 5) is 27.7. The van der Waals surface area contributed by atoms with Gasteiger partial charge in [0.1, 0.15) is 0 Å². The van der Waals surface area contributed by atoms with Crippen molar-refractivity contribution in [1.82, 2.24) is 14.7 Å². The summed E-state index contributed by atoms with van der Waals surface area (Å²) in [5, 5.41) is 4.31. The molecular weight excluding hydrogens is 366 g/mol. The van der Waals surface area contributed by atoms with E-state index in [2.05, 4.69) is 5.10 Å². The van der Waals surface area contributed by atoms with Gasteiger partial charge in [0.05, 0.1) is 12.0 Å². The van der Waals surface area contributed by atoms with Gasteiger partial charge in [-0.2, -0.15) is 5.10 Å². The summed E-state index contributed by atoms with van der Waals surface area (Å²) in [5.74, 6) is -0.360. The van der Waals surface area contributed by atoms with E-state index in [1.54, 1.807) is 15.6 Å². The van der Waals surface area contributed by atoms with Crippen molar-refractivity contribution in [1.29, 1.82) is 0 Å². The molecule has 1 unspecified atom stereocenters. The van der Waals surface area contributed by atoms with Gasteiger partial charge in [0, 0.05) is 25.8 Å². The fourth-order valence-corrected chi connectivity index (χ4v) is 3.82. The van der Waals surface area contributed by atoms with Gasteiger partial charge in [-0.15, -0.1) is 0 Å². The standard InChI is InChI=1S/C23H29N3O3/c1-4-29-22(28)23(13-8-12-19-10-6-5-7-11-19)14-9-15-26(17-23)21(27)20-16-18(2)25(3)24-20/h5-8,10-12,16H,4,9,13-15,17H2,1-3H3. The molecule has 1 aromatic carbocycles. The number of carbonyl (C=O) groups excluding carboxylic acids is 2. The first-order chi connectivity index (χ1) is 13.9. The van der Waals surface area contributed by atoms with E-state index in [1.807, 2.05) is 63.4 Å². The normalized spacial score (nSPS) is 19.5. The summed E-state index contributed by atoms with van der Waals surface area (Å²) >= 11 is 0. The van der Waals surface area contributed by atoms with Gasteiger partial charge >= 0.3 is 5.97 Å². The van der Waals surface area contributed by atoms with E-state index in [0.717, 1.165) is 17.7 Å². The summed E-state index contributed by atoms with van der Waals surface area (Å²) in [7, 11) is 1.82. The molecular formula is C23H29N3O3. The Labute approximate surface area is 172 Å². The van der Waals surface area contributed by atoms with E-state index in [9.17, 15) is 9.59 Å². The van der Waals surface area contributed by atoms with Crippen LogP contribution in [0.4, 0.5) is 0 Å². The second-order valence-electron chi connectivity index (χ2n) is 7.64. The molecule has 3 rings (SSSR count). The van der Waals surface area contributed by atoms with Gasteiger partial charge in [0.15, 0.2) is 5.69 Å². The second-order valence-corrected chi connectivity index (χ2v) is 7.64. The van der Waals surface area contributed by atoms with Crippen LogP contribution in [0.5, 0.6) is 0 Å². The molecule has 1 saturated heterocycles. The van der Waals surface area contributed by atoms with E-state index in [1.165, 1.54) is 0 Å². The summed E-state index contributed by atoms with van der Waals surface area (Å²) in [6.07, 6.45) is 6.03. The van der Waals surface area contributed by atoms with Crippen molar-refractivity contribution < 1.29 is 14.3 Å². The highest BCUT2D eigenvalue weighted by Gasteiger charge is 2.44. The molecule has 6 heteroatoms. The number of aromatic nitrogens is 2. The Bertz CT molecular complexity index is 869. The third-order valence-electron chi connectivity index (χ3n) is 5.52. The molecule has 0 radical (unpaired) electrons. The molecule has 1 aliphatic rings. The number of benzene rings is 1. The lowest BCUT2D eigenvalue weighted by molar-refractivity contribution is -0.158. The molecule has 0 bridgehead atoms. The minimum atomic E-state index is -0.723. The van der Waals surface area contributed by atoms with Crippen LogP contribution in [-0.2, 0) is 16.6 Å². The van der Waals surface area contributed by atoms with Crippen molar-refractivity contribution in [2.24, 2.45) is 12.5 Å². The number of aryl methyl sites for hydroxylation is 2. The Hall–Kier alpha value is -2.89. The Morgan fingerprint density at radius 2 is 2.03 bits per heavy atom. The molecule has 2 aromatic rings. The third kappa shape index (κ3) is 4.75. The summed E-state index contributed by atoms with van der Waals surface area (Å²) in [6.45, 7) is 5.03. The predicted octanol–water partition coefficient (Wildman–Crippen LogP) is 3.62. The molecule has 29 heavy (non-hydrogen) atoms. The van der Waals surface area contributed by atoms with Gasteiger partial charge in [0.25, 0.3) is 5.91 Å². The van der Waals surface area contributed by atoms with E-state index >= 15 is 0 Å². The number of amides is 1. The van der Waals surface area contributed by atoms with Crippen LogP contribution in [0.15, 0.2) is 42.5 Å². The first-order valence-corrected chi connectivity index (χ1v) is 10.1. The zero-order valence-electron chi connectivity index (χ0n) is 17.4. The zero-order chi connectivity index (χ0) is 20.9. The van der Waals surface area contributed by atoms with Gasteiger partial charge < -0.3 is 9.64 Å². The van der Waals surface area contributed by atoms with Crippen molar-refractivity contribution in [2.45, 2.75) is 33.1 Å². The maximum absolute atomic E-state index is 13.0. The quantitative estimate of drug-likeness (QED) is 0.701. The van der Waals surface area contributed by atoms with Crippen molar-refractivity contribution in [3.63, 3.8) is 0 Å². The van der Waals surface area contributed by atoms with Crippen LogP contribution in [0.1, 0.15) is 47.9 Å². The van der Waals surface area contributed by atoms with Gasteiger partial charge in [-0.05, 0) is 44.7 Å².